The summed E-state index contributed by atoms with van der Waals surface area (Å²) in [5.41, 5.74) is 0.754. The number of carbonyl (C=O) groups is 4. The topological polar surface area (TPSA) is 108 Å². The van der Waals surface area contributed by atoms with Crippen molar-refractivity contribution in [2.45, 2.75) is 44.8 Å². The standard InChI is InChI=1S/C25H25NO6S.C3H8O/c1-2-31-24(29)18(16-27)8-4-3-7-15-32-21-13-11-17(19-9-5-6-10-20(19)21)12-14-22-23(28)26-25(30)33-22;1-3-4-2/h5-6,9-11,13,16,18,22H,2-4,7-8,15H2,1H3,(H,26,28,30);3H2,1-2H3. The van der Waals surface area contributed by atoms with Gasteiger partial charge in [0.25, 0.3) is 11.1 Å². The lowest BCUT2D eigenvalue weighted by Crippen LogP contribution is -2.23. The molecule has 0 aliphatic carbocycles. The Morgan fingerprint density at radius 2 is 1.81 bits per heavy atom. The molecule has 1 saturated heterocycles. The number of fused-ring (bicyclic) bond motifs is 1. The van der Waals surface area contributed by atoms with Gasteiger partial charge in [-0.2, -0.15) is 0 Å². The molecule has 2 aromatic carbocycles. The summed E-state index contributed by atoms with van der Waals surface area (Å²) in [6.07, 6.45) is 3.47. The average molecular weight is 528 g/mol. The second-order valence-corrected chi connectivity index (χ2v) is 9.05. The average Bonchev–Trinajstić information content (AvgIpc) is 3.24. The number of imide groups is 1. The number of aldehydes is 1. The summed E-state index contributed by atoms with van der Waals surface area (Å²) >= 11 is 0.883. The minimum Gasteiger partial charge on any atom is -0.493 e. The Labute approximate surface area is 221 Å². The summed E-state index contributed by atoms with van der Waals surface area (Å²) in [7, 11) is 1.68. The van der Waals surface area contributed by atoms with Crippen molar-refractivity contribution < 1.29 is 33.4 Å². The van der Waals surface area contributed by atoms with Crippen LogP contribution in [0.25, 0.3) is 10.8 Å². The van der Waals surface area contributed by atoms with E-state index in [2.05, 4.69) is 21.9 Å². The third-order valence-electron chi connectivity index (χ3n) is 5.37. The van der Waals surface area contributed by atoms with Crippen molar-refractivity contribution in [3.05, 3.63) is 42.0 Å². The molecule has 0 spiro atoms. The Morgan fingerprint density at radius 3 is 2.43 bits per heavy atom. The monoisotopic (exact) mass is 527 g/mol. The molecule has 0 aromatic heterocycles. The number of hydrogen-bond donors (Lipinski definition) is 1. The van der Waals surface area contributed by atoms with Crippen LogP contribution in [0.2, 0.25) is 0 Å². The van der Waals surface area contributed by atoms with E-state index in [0.29, 0.717) is 19.3 Å². The van der Waals surface area contributed by atoms with Gasteiger partial charge in [0.15, 0.2) is 5.25 Å². The van der Waals surface area contributed by atoms with Crippen molar-refractivity contribution in [3.8, 4) is 17.6 Å². The molecule has 1 fully saturated rings. The van der Waals surface area contributed by atoms with E-state index in [1.165, 1.54) is 0 Å². The highest BCUT2D eigenvalue weighted by atomic mass is 32.2. The highest BCUT2D eigenvalue weighted by molar-refractivity contribution is 8.15. The molecule has 1 heterocycles. The van der Waals surface area contributed by atoms with E-state index in [4.69, 9.17) is 9.47 Å². The fourth-order valence-corrected chi connectivity index (χ4v) is 4.07. The Morgan fingerprint density at radius 1 is 1.08 bits per heavy atom. The number of amides is 2. The van der Waals surface area contributed by atoms with Crippen LogP contribution in [-0.2, 0) is 23.9 Å². The van der Waals surface area contributed by atoms with Gasteiger partial charge in [0.1, 0.15) is 18.0 Å². The van der Waals surface area contributed by atoms with E-state index in [-0.39, 0.29) is 17.8 Å². The molecule has 2 atom stereocenters. The molecule has 3 rings (SSSR count). The van der Waals surface area contributed by atoms with Crippen molar-refractivity contribution in [3.63, 3.8) is 0 Å². The third-order valence-corrected chi connectivity index (χ3v) is 6.25. The molecule has 1 aliphatic heterocycles. The van der Waals surface area contributed by atoms with Crippen molar-refractivity contribution >= 4 is 45.9 Å². The van der Waals surface area contributed by atoms with Gasteiger partial charge in [-0.25, -0.2) is 0 Å². The summed E-state index contributed by atoms with van der Waals surface area (Å²) in [4.78, 5) is 45.8. The molecule has 2 aromatic rings. The van der Waals surface area contributed by atoms with Crippen LogP contribution < -0.4 is 10.1 Å². The molecule has 9 heteroatoms. The van der Waals surface area contributed by atoms with Crippen LogP contribution in [0.3, 0.4) is 0 Å². The molecule has 2 unspecified atom stereocenters. The van der Waals surface area contributed by atoms with Gasteiger partial charge in [-0.1, -0.05) is 48.9 Å². The van der Waals surface area contributed by atoms with Gasteiger partial charge >= 0.3 is 5.97 Å². The Hall–Kier alpha value is -3.35. The minimum absolute atomic E-state index is 0.268. The van der Waals surface area contributed by atoms with Gasteiger partial charge in [-0.15, -0.1) is 0 Å². The predicted octanol–water partition coefficient (Wildman–Crippen LogP) is 4.51. The van der Waals surface area contributed by atoms with Crippen LogP contribution >= 0.6 is 11.8 Å². The smallest absolute Gasteiger partial charge is 0.316 e. The van der Waals surface area contributed by atoms with E-state index in [0.717, 1.165) is 59.7 Å². The Kier molecular flexibility index (Phi) is 13.2. The van der Waals surface area contributed by atoms with Crippen LogP contribution in [0.5, 0.6) is 5.75 Å². The number of nitrogens with one attached hydrogen (secondary N) is 1. The first-order chi connectivity index (χ1) is 17.9. The van der Waals surface area contributed by atoms with Crippen LogP contribution in [0.1, 0.15) is 45.1 Å². The summed E-state index contributed by atoms with van der Waals surface area (Å²) in [5, 5.41) is 2.96. The maximum absolute atomic E-state index is 11.7. The number of hydrogen-bond acceptors (Lipinski definition) is 8. The maximum atomic E-state index is 11.7. The van der Waals surface area contributed by atoms with Crippen molar-refractivity contribution in [1.29, 1.82) is 0 Å². The number of thioether (sulfide) groups is 1. The lowest BCUT2D eigenvalue weighted by atomic mass is 10.0. The zero-order valence-electron chi connectivity index (χ0n) is 21.4. The van der Waals surface area contributed by atoms with E-state index >= 15 is 0 Å². The maximum Gasteiger partial charge on any atom is 0.316 e. The molecule has 37 heavy (non-hydrogen) atoms. The Balaban J connectivity index is 0.00000112. The number of esters is 1. The molecule has 8 nitrogen and oxygen atoms in total. The summed E-state index contributed by atoms with van der Waals surface area (Å²) in [6.45, 7) is 5.26. The highest BCUT2D eigenvalue weighted by Gasteiger charge is 2.29. The van der Waals surface area contributed by atoms with Gasteiger partial charge < -0.3 is 19.0 Å². The first kappa shape index (κ1) is 29.9. The fourth-order valence-electron chi connectivity index (χ4n) is 3.42. The first-order valence-electron chi connectivity index (χ1n) is 12.2. The lowest BCUT2D eigenvalue weighted by Gasteiger charge is -2.11. The van der Waals surface area contributed by atoms with Crippen molar-refractivity contribution in [2.24, 2.45) is 5.92 Å². The van der Waals surface area contributed by atoms with Crippen LogP contribution in [0, 0.1) is 17.8 Å². The highest BCUT2D eigenvalue weighted by Crippen LogP contribution is 2.29. The quantitative estimate of drug-likeness (QED) is 0.150. The lowest BCUT2D eigenvalue weighted by molar-refractivity contribution is -0.149. The van der Waals surface area contributed by atoms with Crippen LogP contribution in [-0.4, -0.2) is 55.6 Å². The fraction of sp³-hybridized carbons (Fsp3) is 0.429. The normalized spacial score (nSPS) is 15.1. The zero-order chi connectivity index (χ0) is 27.0. The Bertz CT molecular complexity index is 1140. The second-order valence-electron chi connectivity index (χ2n) is 7.97. The van der Waals surface area contributed by atoms with E-state index < -0.39 is 17.1 Å². The van der Waals surface area contributed by atoms with Crippen LogP contribution in [0.15, 0.2) is 36.4 Å². The third kappa shape index (κ3) is 9.56. The number of benzene rings is 2. The van der Waals surface area contributed by atoms with E-state index in [1.807, 2.05) is 43.3 Å². The molecule has 1 N–H and O–H groups in total. The molecule has 0 radical (unpaired) electrons. The van der Waals surface area contributed by atoms with Gasteiger partial charge in [0, 0.05) is 30.1 Å². The van der Waals surface area contributed by atoms with E-state index in [1.54, 1.807) is 14.0 Å². The van der Waals surface area contributed by atoms with Crippen molar-refractivity contribution in [2.75, 3.05) is 26.9 Å². The predicted molar refractivity (Wildman–Crippen MR) is 143 cm³/mol. The van der Waals surface area contributed by atoms with Crippen LogP contribution in [0.4, 0.5) is 4.79 Å². The molecular weight excluding hydrogens is 494 g/mol. The summed E-state index contributed by atoms with van der Waals surface area (Å²) < 4.78 is 15.4. The first-order valence-corrected chi connectivity index (χ1v) is 13.1. The number of methoxy groups -OCH3 is 1. The summed E-state index contributed by atoms with van der Waals surface area (Å²) in [5.74, 6) is 5.07. The largest absolute Gasteiger partial charge is 0.493 e. The molecule has 198 valence electrons. The zero-order valence-corrected chi connectivity index (χ0v) is 22.2. The summed E-state index contributed by atoms with van der Waals surface area (Å²) in [6, 6.07) is 11.4. The van der Waals surface area contributed by atoms with Crippen molar-refractivity contribution in [1.82, 2.24) is 5.32 Å². The number of carbonyl (C=O) groups excluding carboxylic acids is 4. The van der Waals surface area contributed by atoms with Gasteiger partial charge in [0.05, 0.1) is 13.2 Å². The van der Waals surface area contributed by atoms with Gasteiger partial charge in [-0.3, -0.25) is 19.7 Å². The molecule has 0 saturated carbocycles. The molecule has 0 bridgehead atoms. The SMILES string of the molecule is CCOC.CCOC(=O)C(C=O)CCCCCOc1ccc(C#CC2SC(=O)NC2=O)c2ccccc12. The number of ether oxygens (including phenoxy) is 3. The number of unbranched alkanes of at least 4 members (excludes halogenated alkanes) is 2. The van der Waals surface area contributed by atoms with Gasteiger partial charge in [0.2, 0.25) is 0 Å². The molecule has 2 amide bonds. The van der Waals surface area contributed by atoms with Gasteiger partial charge in [-0.05, 0) is 50.6 Å². The second kappa shape index (κ2) is 16.4. The molecular formula is C28H33NO7S. The minimum atomic E-state index is -0.699. The molecule has 1 aliphatic rings. The van der Waals surface area contributed by atoms with E-state index in [9.17, 15) is 19.2 Å². The number of rotatable bonds is 11.